The highest BCUT2D eigenvalue weighted by atomic mass is 16.6. The van der Waals surface area contributed by atoms with Gasteiger partial charge in [-0.1, -0.05) is 44.2 Å². The first-order valence-corrected chi connectivity index (χ1v) is 9.22. The van der Waals surface area contributed by atoms with Crippen LogP contribution in [0.1, 0.15) is 59.1 Å². The topological polar surface area (TPSA) is 64.6 Å². The number of carbonyl (C=O) groups is 2. The van der Waals surface area contributed by atoms with E-state index in [0.29, 0.717) is 12.8 Å². The molecule has 1 unspecified atom stereocenters. The zero-order valence-corrected chi connectivity index (χ0v) is 16.7. The van der Waals surface area contributed by atoms with Crippen molar-refractivity contribution in [1.29, 1.82) is 0 Å². The Balaban J connectivity index is 2.41. The summed E-state index contributed by atoms with van der Waals surface area (Å²) in [6.07, 6.45) is 0.967. The summed E-state index contributed by atoms with van der Waals surface area (Å²) in [6, 6.07) is 9.45. The molecule has 5 heteroatoms. The van der Waals surface area contributed by atoms with E-state index < -0.39 is 17.1 Å². The molecule has 0 amide bonds. The molecular formula is C21H31NO4. The van der Waals surface area contributed by atoms with Crippen LogP contribution in [0.4, 0.5) is 0 Å². The van der Waals surface area contributed by atoms with Crippen molar-refractivity contribution >= 4 is 11.9 Å². The molecule has 0 aromatic heterocycles. The first-order chi connectivity index (χ1) is 12.1. The number of esters is 2. The number of carbonyl (C=O) groups excluding carboxylic acids is 2. The lowest BCUT2D eigenvalue weighted by atomic mass is 9.84. The Kier molecular flexibility index (Phi) is 6.12. The van der Waals surface area contributed by atoms with Crippen LogP contribution in [-0.2, 0) is 19.1 Å². The Bertz CT molecular complexity index is 635. The third-order valence-electron chi connectivity index (χ3n) is 4.60. The standard InChI is InChI=1S/C21H31NO4/c1-14(2)12-21(19(24)25-6)13-16(18(23)26-20(3,4)5)17(22-21)15-10-8-7-9-11-15/h7-11,14,16-17,22H,12-13H2,1-6H3/t16?,17-,21-/m1/s1. The van der Waals surface area contributed by atoms with Crippen LogP contribution < -0.4 is 5.32 Å². The van der Waals surface area contributed by atoms with E-state index in [1.165, 1.54) is 7.11 Å². The minimum atomic E-state index is -0.884. The largest absolute Gasteiger partial charge is 0.468 e. The predicted octanol–water partition coefficient (Wildman–Crippen LogP) is 3.64. The summed E-state index contributed by atoms with van der Waals surface area (Å²) >= 11 is 0. The Hall–Kier alpha value is -1.88. The van der Waals surface area contributed by atoms with Crippen LogP contribution in [0.5, 0.6) is 0 Å². The third-order valence-corrected chi connectivity index (χ3v) is 4.60. The zero-order valence-electron chi connectivity index (χ0n) is 16.7. The molecule has 1 fully saturated rings. The van der Waals surface area contributed by atoms with Crippen LogP contribution >= 0.6 is 0 Å². The molecule has 5 nitrogen and oxygen atoms in total. The molecule has 0 bridgehead atoms. The van der Waals surface area contributed by atoms with Gasteiger partial charge in [0.25, 0.3) is 0 Å². The molecule has 144 valence electrons. The first-order valence-electron chi connectivity index (χ1n) is 9.22. The second-order valence-corrected chi connectivity index (χ2v) is 8.55. The molecule has 1 heterocycles. The monoisotopic (exact) mass is 361 g/mol. The summed E-state index contributed by atoms with van der Waals surface area (Å²) < 4.78 is 10.8. The number of hydrogen-bond donors (Lipinski definition) is 1. The van der Waals surface area contributed by atoms with Crippen LogP contribution in [0.15, 0.2) is 30.3 Å². The van der Waals surface area contributed by atoms with E-state index in [-0.39, 0.29) is 23.9 Å². The van der Waals surface area contributed by atoms with Crippen molar-refractivity contribution in [2.45, 2.75) is 64.6 Å². The lowest BCUT2D eigenvalue weighted by molar-refractivity contribution is -0.160. The van der Waals surface area contributed by atoms with Gasteiger partial charge in [-0.3, -0.25) is 14.9 Å². The van der Waals surface area contributed by atoms with Crippen molar-refractivity contribution < 1.29 is 19.1 Å². The molecule has 3 atom stereocenters. The van der Waals surface area contributed by atoms with Crippen molar-refractivity contribution in [2.75, 3.05) is 7.11 Å². The van der Waals surface area contributed by atoms with E-state index in [1.54, 1.807) is 0 Å². The lowest BCUT2D eigenvalue weighted by Gasteiger charge is -2.29. The average molecular weight is 361 g/mol. The van der Waals surface area contributed by atoms with E-state index in [9.17, 15) is 9.59 Å². The number of nitrogens with one attached hydrogen (secondary N) is 1. The molecule has 0 saturated carbocycles. The second-order valence-electron chi connectivity index (χ2n) is 8.55. The lowest BCUT2D eigenvalue weighted by Crippen LogP contribution is -2.49. The van der Waals surface area contributed by atoms with Crippen LogP contribution in [0, 0.1) is 11.8 Å². The van der Waals surface area contributed by atoms with Gasteiger partial charge in [-0.2, -0.15) is 0 Å². The van der Waals surface area contributed by atoms with Gasteiger partial charge in [-0.05, 0) is 45.1 Å². The molecule has 0 aliphatic carbocycles. The Labute approximate surface area is 156 Å². The van der Waals surface area contributed by atoms with Crippen molar-refractivity contribution in [1.82, 2.24) is 5.32 Å². The number of hydrogen-bond acceptors (Lipinski definition) is 5. The van der Waals surface area contributed by atoms with Gasteiger partial charge < -0.3 is 9.47 Å². The van der Waals surface area contributed by atoms with Crippen molar-refractivity contribution in [3.8, 4) is 0 Å². The minimum Gasteiger partial charge on any atom is -0.468 e. The van der Waals surface area contributed by atoms with Gasteiger partial charge in [0.2, 0.25) is 0 Å². The normalized spacial score (nSPS) is 26.0. The maximum Gasteiger partial charge on any atom is 0.326 e. The first kappa shape index (κ1) is 20.4. The highest BCUT2D eigenvalue weighted by Gasteiger charge is 2.54. The molecule has 0 spiro atoms. The maximum absolute atomic E-state index is 12.9. The van der Waals surface area contributed by atoms with E-state index in [1.807, 2.05) is 51.1 Å². The minimum absolute atomic E-state index is 0.274. The fourth-order valence-electron chi connectivity index (χ4n) is 3.78. The number of ether oxygens (including phenoxy) is 2. The van der Waals surface area contributed by atoms with Gasteiger partial charge in [-0.15, -0.1) is 0 Å². The van der Waals surface area contributed by atoms with Gasteiger partial charge in [0.05, 0.1) is 13.0 Å². The van der Waals surface area contributed by atoms with Gasteiger partial charge in [0.15, 0.2) is 0 Å². The molecule has 1 aromatic rings. The van der Waals surface area contributed by atoms with E-state index >= 15 is 0 Å². The van der Waals surface area contributed by atoms with Crippen LogP contribution in [0.3, 0.4) is 0 Å². The Morgan fingerprint density at radius 2 is 1.85 bits per heavy atom. The number of methoxy groups -OCH3 is 1. The van der Waals surface area contributed by atoms with Crippen molar-refractivity contribution in [2.24, 2.45) is 11.8 Å². The molecule has 1 saturated heterocycles. The summed E-state index contributed by atoms with van der Waals surface area (Å²) in [5.74, 6) is -0.781. The predicted molar refractivity (Wildman–Crippen MR) is 100 cm³/mol. The van der Waals surface area contributed by atoms with Gasteiger partial charge >= 0.3 is 11.9 Å². The molecule has 0 radical (unpaired) electrons. The Morgan fingerprint density at radius 1 is 1.23 bits per heavy atom. The SMILES string of the molecule is COC(=O)[C@@]1(CC(C)C)CC(C(=O)OC(C)(C)C)[C@@H](c2ccccc2)N1. The number of benzene rings is 1. The van der Waals surface area contributed by atoms with Crippen LogP contribution in [0.25, 0.3) is 0 Å². The molecule has 1 aromatic carbocycles. The van der Waals surface area contributed by atoms with Crippen molar-refractivity contribution in [3.05, 3.63) is 35.9 Å². The molecule has 1 N–H and O–H groups in total. The number of rotatable bonds is 5. The fourth-order valence-corrected chi connectivity index (χ4v) is 3.78. The van der Waals surface area contributed by atoms with E-state index in [4.69, 9.17) is 9.47 Å². The van der Waals surface area contributed by atoms with E-state index in [2.05, 4.69) is 19.2 Å². The summed E-state index contributed by atoms with van der Waals surface area (Å²) in [4.78, 5) is 25.6. The van der Waals surface area contributed by atoms with E-state index in [0.717, 1.165) is 5.56 Å². The van der Waals surface area contributed by atoms with Gasteiger partial charge in [0, 0.05) is 6.04 Å². The summed E-state index contributed by atoms with van der Waals surface area (Å²) in [7, 11) is 1.39. The summed E-state index contributed by atoms with van der Waals surface area (Å²) in [5, 5.41) is 3.44. The molecule has 26 heavy (non-hydrogen) atoms. The third kappa shape index (κ3) is 4.64. The van der Waals surface area contributed by atoms with Crippen LogP contribution in [-0.4, -0.2) is 30.2 Å². The molecule has 2 rings (SSSR count). The smallest absolute Gasteiger partial charge is 0.326 e. The zero-order chi connectivity index (χ0) is 19.5. The Morgan fingerprint density at radius 3 is 2.35 bits per heavy atom. The second kappa shape index (κ2) is 7.78. The average Bonchev–Trinajstić information content (AvgIpc) is 2.93. The quantitative estimate of drug-likeness (QED) is 0.811. The summed E-state index contributed by atoms with van der Waals surface area (Å²) in [6.45, 7) is 9.68. The fraction of sp³-hybridized carbons (Fsp3) is 0.619. The molecule has 1 aliphatic rings. The molecule has 1 aliphatic heterocycles. The summed E-state index contributed by atoms with van der Waals surface area (Å²) in [5.41, 5.74) is -0.490. The van der Waals surface area contributed by atoms with Crippen LogP contribution in [0.2, 0.25) is 0 Å². The van der Waals surface area contributed by atoms with Gasteiger partial charge in [0.1, 0.15) is 11.1 Å². The highest BCUT2D eigenvalue weighted by molar-refractivity contribution is 5.84. The van der Waals surface area contributed by atoms with Crippen molar-refractivity contribution in [3.63, 3.8) is 0 Å². The highest BCUT2D eigenvalue weighted by Crippen LogP contribution is 2.43. The molecular weight excluding hydrogens is 330 g/mol. The van der Waals surface area contributed by atoms with Gasteiger partial charge in [-0.25, -0.2) is 0 Å². The maximum atomic E-state index is 12.9.